The Morgan fingerprint density at radius 2 is 1.42 bits per heavy atom. The molecule has 0 saturated carbocycles. The van der Waals surface area contributed by atoms with Gasteiger partial charge >= 0.3 is 6.09 Å². The Kier molecular flexibility index (Phi) is 13.3. The molecule has 0 fully saturated rings. The molecular weight excluding hydrogens is 658 g/mol. The Morgan fingerprint density at radius 3 is 2.13 bits per heavy atom. The van der Waals surface area contributed by atoms with Crippen LogP contribution in [0.25, 0.3) is 10.8 Å². The fourth-order valence-corrected chi connectivity index (χ4v) is 6.08. The summed E-state index contributed by atoms with van der Waals surface area (Å²) in [5.41, 5.74) is 2.65. The number of imidazole rings is 1. The number of aliphatic hydroxyl groups is 1. The Morgan fingerprint density at radius 1 is 0.769 bits per heavy atom. The maximum absolute atomic E-state index is 14.2. The van der Waals surface area contributed by atoms with Gasteiger partial charge in [0.15, 0.2) is 5.78 Å². The van der Waals surface area contributed by atoms with Crippen LogP contribution >= 0.6 is 0 Å². The first-order valence-electron chi connectivity index (χ1n) is 17.4. The molecule has 1 aromatic heterocycles. The number of carbonyl (C=O) groups is 4. The number of nitrogens with one attached hydrogen (secondary N) is 4. The van der Waals surface area contributed by atoms with E-state index >= 15 is 0 Å². The summed E-state index contributed by atoms with van der Waals surface area (Å²) in [5, 5.41) is 21.6. The molecule has 5 rings (SSSR count). The van der Waals surface area contributed by atoms with Gasteiger partial charge in [0, 0.05) is 36.7 Å². The Bertz CT molecular complexity index is 1910. The number of rotatable bonds is 17. The predicted molar refractivity (Wildman–Crippen MR) is 198 cm³/mol. The molecule has 0 bridgehead atoms. The van der Waals surface area contributed by atoms with Crippen molar-refractivity contribution in [3.8, 4) is 0 Å². The number of fused-ring (bicyclic) bond motifs is 1. The summed E-state index contributed by atoms with van der Waals surface area (Å²) in [7, 11) is 0. The zero-order valence-electron chi connectivity index (χ0n) is 29.3. The van der Waals surface area contributed by atoms with Crippen molar-refractivity contribution in [3.05, 3.63) is 138 Å². The van der Waals surface area contributed by atoms with Crippen molar-refractivity contribution < 1.29 is 29.0 Å². The zero-order valence-corrected chi connectivity index (χ0v) is 29.3. The van der Waals surface area contributed by atoms with Crippen LogP contribution in [0, 0.1) is 5.92 Å². The smallest absolute Gasteiger partial charge is 0.408 e. The van der Waals surface area contributed by atoms with Crippen molar-refractivity contribution in [3.63, 3.8) is 0 Å². The topological polar surface area (TPSA) is 163 Å². The first-order valence-corrected chi connectivity index (χ1v) is 17.4. The van der Waals surface area contributed by atoms with E-state index in [-0.39, 0.29) is 37.6 Å². The number of aromatic nitrogens is 2. The minimum absolute atomic E-state index is 0.00642. The Hall–Kier alpha value is -5.81. The molecular formula is C41H45N5O6. The molecule has 270 valence electrons. The molecule has 0 aliphatic rings. The van der Waals surface area contributed by atoms with E-state index in [1.165, 1.54) is 6.33 Å². The number of ketones is 1. The highest BCUT2D eigenvalue weighted by molar-refractivity contribution is 5.96. The number of alkyl carbamates (subject to hydrolysis) is 1. The highest BCUT2D eigenvalue weighted by atomic mass is 16.5. The normalized spacial score (nSPS) is 13.5. The average Bonchev–Trinajstić information content (AvgIpc) is 3.67. The minimum atomic E-state index is -1.18. The summed E-state index contributed by atoms with van der Waals surface area (Å²) in [6, 6.07) is 28.3. The molecule has 3 amide bonds. The quantitative estimate of drug-likeness (QED) is 0.0822. The number of ether oxygens (including phenoxy) is 1. The molecule has 2 unspecified atom stereocenters. The highest BCUT2D eigenvalue weighted by Crippen LogP contribution is 2.21. The highest BCUT2D eigenvalue weighted by Gasteiger charge is 2.32. The minimum Gasteiger partial charge on any atom is -0.445 e. The Labute approximate surface area is 303 Å². The lowest BCUT2D eigenvalue weighted by atomic mass is 9.94. The van der Waals surface area contributed by atoms with Crippen molar-refractivity contribution >= 4 is 34.5 Å². The maximum atomic E-state index is 14.2. The van der Waals surface area contributed by atoms with Crippen LogP contribution in [-0.2, 0) is 33.8 Å². The summed E-state index contributed by atoms with van der Waals surface area (Å²) in [4.78, 5) is 61.3. The predicted octanol–water partition coefficient (Wildman–Crippen LogP) is 5.29. The average molecular weight is 704 g/mol. The van der Waals surface area contributed by atoms with Gasteiger partial charge in [0.2, 0.25) is 11.8 Å². The molecule has 5 N–H and O–H groups in total. The fraction of sp³-hybridized carbons (Fsp3) is 0.293. The molecule has 0 spiro atoms. The van der Waals surface area contributed by atoms with Crippen LogP contribution in [0.15, 0.2) is 116 Å². The molecule has 0 saturated heterocycles. The van der Waals surface area contributed by atoms with Crippen LogP contribution in [0.2, 0.25) is 0 Å². The van der Waals surface area contributed by atoms with E-state index in [1.54, 1.807) is 36.5 Å². The maximum Gasteiger partial charge on any atom is 0.408 e. The number of carbonyl (C=O) groups excluding carboxylic acids is 4. The van der Waals surface area contributed by atoms with E-state index in [2.05, 4.69) is 25.9 Å². The number of nitrogens with zero attached hydrogens (tertiary/aromatic N) is 1. The van der Waals surface area contributed by atoms with Gasteiger partial charge in [-0.15, -0.1) is 0 Å². The van der Waals surface area contributed by atoms with Crippen LogP contribution in [0.3, 0.4) is 0 Å². The lowest BCUT2D eigenvalue weighted by molar-refractivity contribution is -0.130. The van der Waals surface area contributed by atoms with Crippen LogP contribution < -0.4 is 16.0 Å². The van der Waals surface area contributed by atoms with Gasteiger partial charge in [0.05, 0.1) is 18.5 Å². The monoisotopic (exact) mass is 703 g/mol. The van der Waals surface area contributed by atoms with E-state index in [9.17, 15) is 24.3 Å². The van der Waals surface area contributed by atoms with Crippen LogP contribution in [0.1, 0.15) is 53.9 Å². The second-order valence-corrected chi connectivity index (χ2v) is 13.2. The van der Waals surface area contributed by atoms with Gasteiger partial charge in [-0.2, -0.15) is 0 Å². The van der Waals surface area contributed by atoms with E-state index in [4.69, 9.17) is 4.74 Å². The number of Topliss-reactive ketones (excluding diaryl/α,β-unsaturated/α-hetero) is 1. The van der Waals surface area contributed by atoms with E-state index in [0.717, 1.165) is 21.9 Å². The van der Waals surface area contributed by atoms with Crippen LogP contribution in [0.5, 0.6) is 0 Å². The van der Waals surface area contributed by atoms with Crippen LogP contribution in [-0.4, -0.2) is 63.0 Å². The van der Waals surface area contributed by atoms with Gasteiger partial charge < -0.3 is 30.8 Å². The molecule has 0 radical (unpaired) electrons. The lowest BCUT2D eigenvalue weighted by Crippen LogP contribution is -2.57. The SMILES string of the molecule is CC(C)CC(NC(=O)[C@H](Cc1cnc[nH]1)NC(=O)[C@H](Cc1cccc2ccccc12)NC(=O)OCc1ccccc1)C(O)CC(=O)c1ccccc1. The van der Waals surface area contributed by atoms with E-state index in [1.807, 2.05) is 86.6 Å². The summed E-state index contributed by atoms with van der Waals surface area (Å²) in [6.07, 6.45) is 1.41. The van der Waals surface area contributed by atoms with Gasteiger partial charge in [0.1, 0.15) is 18.7 Å². The number of amides is 3. The molecule has 11 heteroatoms. The number of hydrogen-bond acceptors (Lipinski definition) is 7. The molecule has 5 aromatic rings. The molecule has 52 heavy (non-hydrogen) atoms. The first-order chi connectivity index (χ1) is 25.2. The number of aliphatic hydroxyl groups excluding tert-OH is 1. The van der Waals surface area contributed by atoms with Crippen molar-refractivity contribution in [2.75, 3.05) is 0 Å². The van der Waals surface area contributed by atoms with Gasteiger partial charge in [-0.1, -0.05) is 117 Å². The lowest BCUT2D eigenvalue weighted by Gasteiger charge is -2.29. The third-order valence-corrected chi connectivity index (χ3v) is 8.74. The second kappa shape index (κ2) is 18.4. The van der Waals surface area contributed by atoms with Crippen molar-refractivity contribution in [2.45, 2.75) is 70.4 Å². The van der Waals surface area contributed by atoms with Gasteiger partial charge in [0.25, 0.3) is 0 Å². The summed E-state index contributed by atoms with van der Waals surface area (Å²) in [5.74, 6) is -1.34. The second-order valence-electron chi connectivity index (χ2n) is 13.2. The van der Waals surface area contributed by atoms with Crippen molar-refractivity contribution in [1.29, 1.82) is 0 Å². The third kappa shape index (κ3) is 10.8. The van der Waals surface area contributed by atoms with Crippen LogP contribution in [0.4, 0.5) is 4.79 Å². The number of aromatic amines is 1. The Balaban J connectivity index is 1.36. The molecule has 4 atom stereocenters. The summed E-state index contributed by atoms with van der Waals surface area (Å²) >= 11 is 0. The van der Waals surface area contributed by atoms with Crippen molar-refractivity contribution in [2.24, 2.45) is 5.92 Å². The number of H-pyrrole nitrogens is 1. The molecule has 4 aromatic carbocycles. The van der Waals surface area contributed by atoms with Gasteiger partial charge in [-0.25, -0.2) is 9.78 Å². The van der Waals surface area contributed by atoms with Crippen molar-refractivity contribution in [1.82, 2.24) is 25.9 Å². The van der Waals surface area contributed by atoms with E-state index < -0.39 is 42.1 Å². The molecule has 11 nitrogen and oxygen atoms in total. The molecule has 0 aliphatic heterocycles. The standard InChI is InChI=1S/C41H45N5O6/c1-27(2)20-34(38(48)23-37(47)30-15-7-4-8-16-30)44-40(50)36(22-32-24-42-26-43-32)45-39(49)35(46-41(51)52-25-28-12-5-3-6-13-28)21-31-18-11-17-29-14-9-10-19-33(29)31/h3-19,24,26-27,34-36,38,48H,20-23,25H2,1-2H3,(H,42,43)(H,44,50)(H,45,49)(H,46,51)/t34?,35-,36-,38?/m0/s1. The third-order valence-electron chi connectivity index (χ3n) is 8.74. The zero-order chi connectivity index (χ0) is 36.9. The van der Waals surface area contributed by atoms with Gasteiger partial charge in [-0.05, 0) is 34.2 Å². The summed E-state index contributed by atoms with van der Waals surface area (Å²) < 4.78 is 5.47. The first kappa shape index (κ1) is 37.4. The molecule has 1 heterocycles. The number of benzene rings is 4. The fourth-order valence-electron chi connectivity index (χ4n) is 6.08. The number of hydrogen-bond donors (Lipinski definition) is 5. The van der Waals surface area contributed by atoms with Gasteiger partial charge in [-0.3, -0.25) is 14.4 Å². The largest absolute Gasteiger partial charge is 0.445 e. The summed E-state index contributed by atoms with van der Waals surface area (Å²) in [6.45, 7) is 3.91. The molecule has 0 aliphatic carbocycles. The van der Waals surface area contributed by atoms with E-state index in [0.29, 0.717) is 17.7 Å².